The van der Waals surface area contributed by atoms with Gasteiger partial charge < -0.3 is 0 Å². The van der Waals surface area contributed by atoms with Gasteiger partial charge in [-0.3, -0.25) is 5.01 Å². The summed E-state index contributed by atoms with van der Waals surface area (Å²) in [5.74, 6) is 0. The van der Waals surface area contributed by atoms with Gasteiger partial charge in [0.1, 0.15) is 0 Å². The summed E-state index contributed by atoms with van der Waals surface area (Å²) < 4.78 is 64.5. The second-order valence-corrected chi connectivity index (χ2v) is 7.52. The first-order valence-electron chi connectivity index (χ1n) is 7.57. The number of anilines is 1. The number of nitrogens with one attached hydrogen (secondary N) is 1. The van der Waals surface area contributed by atoms with E-state index in [1.807, 2.05) is 0 Å². The first-order chi connectivity index (χ1) is 12.0. The lowest BCUT2D eigenvalue weighted by atomic mass is 9.90. The number of hydrogen-bond acceptors (Lipinski definition) is 4. The second kappa shape index (κ2) is 6.11. The van der Waals surface area contributed by atoms with Gasteiger partial charge in [-0.15, -0.1) is 0 Å². The van der Waals surface area contributed by atoms with E-state index < -0.39 is 21.7 Å². The Bertz CT molecular complexity index is 959. The number of alkyl halides is 3. The molecule has 1 heterocycles. The van der Waals surface area contributed by atoms with Gasteiger partial charge in [-0.25, -0.2) is 19.0 Å². The summed E-state index contributed by atoms with van der Waals surface area (Å²) in [7, 11) is -3.89. The van der Waals surface area contributed by atoms with Gasteiger partial charge in [0, 0.05) is 6.20 Å². The van der Waals surface area contributed by atoms with Gasteiger partial charge in [-0.2, -0.15) is 13.2 Å². The molecule has 138 valence electrons. The fourth-order valence-corrected chi connectivity index (χ4v) is 3.45. The molecule has 0 aromatic heterocycles. The number of sulfonamides is 1. The predicted octanol–water partition coefficient (Wildman–Crippen LogP) is 2.94. The Labute approximate surface area is 148 Å². The molecule has 2 aromatic carbocycles. The van der Waals surface area contributed by atoms with E-state index in [0.717, 1.165) is 6.08 Å². The summed E-state index contributed by atoms with van der Waals surface area (Å²) >= 11 is 0. The lowest BCUT2D eigenvalue weighted by Crippen LogP contribution is -2.54. The van der Waals surface area contributed by atoms with E-state index in [4.69, 9.17) is 5.14 Å². The van der Waals surface area contributed by atoms with E-state index in [1.165, 1.54) is 53.7 Å². The highest BCUT2D eigenvalue weighted by atomic mass is 32.2. The molecule has 0 amide bonds. The van der Waals surface area contributed by atoms with Crippen molar-refractivity contribution in [1.82, 2.24) is 5.43 Å². The molecule has 2 aromatic rings. The topological polar surface area (TPSA) is 75.4 Å². The quantitative estimate of drug-likeness (QED) is 0.855. The highest BCUT2D eigenvalue weighted by Crippen LogP contribution is 2.43. The van der Waals surface area contributed by atoms with Crippen LogP contribution in [0, 0.1) is 6.92 Å². The van der Waals surface area contributed by atoms with Crippen molar-refractivity contribution >= 4 is 15.7 Å². The number of hydrazine groups is 1. The van der Waals surface area contributed by atoms with Gasteiger partial charge >= 0.3 is 6.18 Å². The lowest BCUT2D eigenvalue weighted by molar-refractivity contribution is -0.183. The average molecular weight is 383 g/mol. The molecular formula is C17H16F3N3O2S. The zero-order valence-corrected chi connectivity index (χ0v) is 14.5. The Kier molecular flexibility index (Phi) is 4.33. The first kappa shape index (κ1) is 18.4. The lowest BCUT2D eigenvalue weighted by Gasteiger charge is -2.34. The molecule has 1 atom stereocenters. The van der Waals surface area contributed by atoms with Crippen LogP contribution < -0.4 is 15.6 Å². The Balaban J connectivity index is 2.01. The molecule has 26 heavy (non-hydrogen) atoms. The zero-order chi connectivity index (χ0) is 19.2. The van der Waals surface area contributed by atoms with Gasteiger partial charge in [0.2, 0.25) is 10.0 Å². The molecule has 5 nitrogen and oxygen atoms in total. The first-order valence-corrected chi connectivity index (χ1v) is 9.11. The van der Waals surface area contributed by atoms with Crippen molar-refractivity contribution in [3.05, 3.63) is 71.9 Å². The number of aryl methyl sites for hydroxylation is 1. The molecule has 0 radical (unpaired) electrons. The standard InChI is InChI=1S/C17H16F3N3O2S/c1-12-11-14(26(21,24)25)7-8-15(12)23-10-9-16(22-23,17(18,19)20)13-5-3-2-4-6-13/h2-11,22H,1H3,(H2,21,24,25)/t16-/m0/s1. The third-order valence-corrected chi connectivity index (χ3v) is 5.11. The van der Waals surface area contributed by atoms with Crippen LogP contribution in [0.2, 0.25) is 0 Å². The van der Waals surface area contributed by atoms with Gasteiger partial charge in [0.05, 0.1) is 10.6 Å². The number of hydrogen-bond donors (Lipinski definition) is 2. The fraction of sp³-hybridized carbons (Fsp3) is 0.176. The minimum Gasteiger partial charge on any atom is -0.283 e. The molecule has 0 spiro atoms. The third-order valence-electron chi connectivity index (χ3n) is 4.20. The summed E-state index contributed by atoms with van der Waals surface area (Å²) in [6.07, 6.45) is -2.27. The number of benzene rings is 2. The van der Waals surface area contributed by atoms with E-state index in [1.54, 1.807) is 13.0 Å². The van der Waals surface area contributed by atoms with Crippen LogP contribution in [0.1, 0.15) is 11.1 Å². The van der Waals surface area contributed by atoms with Crippen LogP contribution in [0.4, 0.5) is 18.9 Å². The monoisotopic (exact) mass is 383 g/mol. The zero-order valence-electron chi connectivity index (χ0n) is 13.7. The highest BCUT2D eigenvalue weighted by molar-refractivity contribution is 7.89. The van der Waals surface area contributed by atoms with Crippen LogP contribution >= 0.6 is 0 Å². The molecule has 3 rings (SSSR count). The Morgan fingerprint density at radius 2 is 1.77 bits per heavy atom. The molecule has 9 heteroatoms. The normalized spacial score (nSPS) is 20.6. The van der Waals surface area contributed by atoms with Crippen molar-refractivity contribution in [2.45, 2.75) is 23.5 Å². The maximum Gasteiger partial charge on any atom is 0.416 e. The molecule has 0 aliphatic carbocycles. The van der Waals surface area contributed by atoms with Crippen LogP contribution in [-0.2, 0) is 15.6 Å². The van der Waals surface area contributed by atoms with Crippen molar-refractivity contribution in [1.29, 1.82) is 0 Å². The number of halogens is 3. The van der Waals surface area contributed by atoms with Gasteiger partial charge in [-0.1, -0.05) is 30.3 Å². The summed E-state index contributed by atoms with van der Waals surface area (Å²) in [4.78, 5) is -0.105. The number of rotatable bonds is 3. The Hall–Kier alpha value is -2.36. The second-order valence-electron chi connectivity index (χ2n) is 5.96. The summed E-state index contributed by atoms with van der Waals surface area (Å²) in [6, 6.07) is 11.5. The largest absolute Gasteiger partial charge is 0.416 e. The van der Waals surface area contributed by atoms with Gasteiger partial charge in [0.25, 0.3) is 0 Å². The van der Waals surface area contributed by atoms with Crippen LogP contribution in [0.15, 0.2) is 65.7 Å². The minimum absolute atomic E-state index is 0.0464. The van der Waals surface area contributed by atoms with Crippen LogP contribution in [-0.4, -0.2) is 14.6 Å². The molecule has 0 fully saturated rings. The molecular weight excluding hydrogens is 367 g/mol. The maximum atomic E-state index is 13.9. The maximum absolute atomic E-state index is 13.9. The Morgan fingerprint density at radius 1 is 1.12 bits per heavy atom. The number of nitrogens with zero attached hydrogens (tertiary/aromatic N) is 1. The minimum atomic E-state index is -4.59. The third kappa shape index (κ3) is 3.09. The highest BCUT2D eigenvalue weighted by Gasteiger charge is 2.57. The van der Waals surface area contributed by atoms with Crippen LogP contribution in [0.5, 0.6) is 0 Å². The molecule has 1 aliphatic rings. The van der Waals surface area contributed by atoms with Crippen LogP contribution in [0.25, 0.3) is 0 Å². The van der Waals surface area contributed by atoms with E-state index >= 15 is 0 Å². The van der Waals surface area contributed by atoms with Crippen molar-refractivity contribution in [3.63, 3.8) is 0 Å². The molecule has 0 bridgehead atoms. The smallest absolute Gasteiger partial charge is 0.283 e. The van der Waals surface area contributed by atoms with Crippen molar-refractivity contribution in [2.75, 3.05) is 5.01 Å². The summed E-state index contributed by atoms with van der Waals surface area (Å²) in [6.45, 7) is 1.59. The Morgan fingerprint density at radius 3 is 2.31 bits per heavy atom. The van der Waals surface area contributed by atoms with Crippen LogP contribution in [0.3, 0.4) is 0 Å². The van der Waals surface area contributed by atoms with Crippen molar-refractivity contribution in [2.24, 2.45) is 5.14 Å². The molecule has 0 saturated heterocycles. The molecule has 1 aliphatic heterocycles. The number of primary sulfonamides is 1. The molecule has 3 N–H and O–H groups in total. The SMILES string of the molecule is Cc1cc(S(N)(=O)=O)ccc1N1C=C[C@](c2ccccc2)(C(F)(F)F)N1. The number of nitrogens with two attached hydrogens (primary N) is 1. The summed E-state index contributed by atoms with van der Waals surface area (Å²) in [5.41, 5.74) is 1.01. The predicted molar refractivity (Wildman–Crippen MR) is 91.5 cm³/mol. The van der Waals surface area contributed by atoms with E-state index in [2.05, 4.69) is 5.43 Å². The van der Waals surface area contributed by atoms with Gasteiger partial charge in [0.15, 0.2) is 5.54 Å². The fourth-order valence-electron chi connectivity index (χ4n) is 2.85. The summed E-state index contributed by atoms with van der Waals surface area (Å²) in [5, 5.41) is 6.31. The van der Waals surface area contributed by atoms with E-state index in [-0.39, 0.29) is 10.5 Å². The molecule has 0 saturated carbocycles. The average Bonchev–Trinajstić information content (AvgIpc) is 3.01. The van der Waals surface area contributed by atoms with Crippen molar-refractivity contribution < 1.29 is 21.6 Å². The van der Waals surface area contributed by atoms with E-state index in [9.17, 15) is 21.6 Å². The van der Waals surface area contributed by atoms with E-state index in [0.29, 0.717) is 11.3 Å². The van der Waals surface area contributed by atoms with Gasteiger partial charge in [-0.05, 0) is 42.3 Å². The molecule has 0 unspecified atom stereocenters. The van der Waals surface area contributed by atoms with Crippen molar-refractivity contribution in [3.8, 4) is 0 Å².